The van der Waals surface area contributed by atoms with E-state index in [4.69, 9.17) is 5.11 Å². The summed E-state index contributed by atoms with van der Waals surface area (Å²) in [5.41, 5.74) is 0.111. The molecular formula is C10H13N3O5. The zero-order chi connectivity index (χ0) is 13.5. The van der Waals surface area contributed by atoms with Gasteiger partial charge in [-0.15, -0.1) is 0 Å². The minimum atomic E-state index is -0.874. The summed E-state index contributed by atoms with van der Waals surface area (Å²) in [5.74, 6) is -1.56. The molecular weight excluding hydrogens is 242 g/mol. The molecule has 1 rings (SSSR count). The molecule has 1 aromatic rings. The Hall–Kier alpha value is -2.38. The number of hydrogen-bond acceptors (Lipinski definition) is 4. The van der Waals surface area contributed by atoms with E-state index in [0.717, 1.165) is 0 Å². The molecule has 0 spiro atoms. The van der Waals surface area contributed by atoms with Crippen LogP contribution in [0.15, 0.2) is 12.1 Å². The van der Waals surface area contributed by atoms with E-state index in [9.17, 15) is 19.7 Å². The zero-order valence-corrected chi connectivity index (χ0v) is 9.51. The second-order valence-electron chi connectivity index (χ2n) is 3.62. The smallest absolute Gasteiger partial charge is 0.321 e. The van der Waals surface area contributed by atoms with Gasteiger partial charge in [0.1, 0.15) is 0 Å². The van der Waals surface area contributed by atoms with Crippen molar-refractivity contribution in [1.29, 1.82) is 0 Å². The molecule has 0 unspecified atom stereocenters. The quantitative estimate of drug-likeness (QED) is 0.379. The van der Waals surface area contributed by atoms with Gasteiger partial charge in [0.2, 0.25) is 0 Å². The number of nitro groups is 1. The van der Waals surface area contributed by atoms with Crippen molar-refractivity contribution in [2.75, 3.05) is 6.54 Å². The lowest BCUT2D eigenvalue weighted by atomic mass is 10.2. The average Bonchev–Trinajstić information content (AvgIpc) is 2.77. The van der Waals surface area contributed by atoms with E-state index in [1.165, 1.54) is 12.1 Å². The number of nitrogens with one attached hydrogen (secondary N) is 2. The van der Waals surface area contributed by atoms with Crippen LogP contribution in [0.3, 0.4) is 0 Å². The van der Waals surface area contributed by atoms with Crippen molar-refractivity contribution in [2.24, 2.45) is 0 Å². The third kappa shape index (κ3) is 4.24. The van der Waals surface area contributed by atoms with Crippen LogP contribution in [0.2, 0.25) is 0 Å². The van der Waals surface area contributed by atoms with Crippen molar-refractivity contribution in [3.63, 3.8) is 0 Å². The number of carboxylic acid groups (broad SMARTS) is 1. The molecule has 0 aliphatic heterocycles. The second-order valence-corrected chi connectivity index (χ2v) is 3.62. The van der Waals surface area contributed by atoms with Crippen LogP contribution in [0.5, 0.6) is 0 Å². The van der Waals surface area contributed by atoms with E-state index in [1.807, 2.05) is 0 Å². The van der Waals surface area contributed by atoms with E-state index in [2.05, 4.69) is 10.3 Å². The molecule has 18 heavy (non-hydrogen) atoms. The summed E-state index contributed by atoms with van der Waals surface area (Å²) in [4.78, 5) is 33.9. The van der Waals surface area contributed by atoms with Crippen molar-refractivity contribution in [3.8, 4) is 0 Å². The number of nitrogens with zero attached hydrogens (tertiary/aromatic N) is 1. The third-order valence-electron chi connectivity index (χ3n) is 2.21. The molecule has 3 N–H and O–H groups in total. The number of aromatic amines is 1. The number of H-pyrrole nitrogens is 1. The Kier molecular flexibility index (Phi) is 4.85. The molecule has 8 heteroatoms. The molecule has 0 aromatic carbocycles. The maximum Gasteiger partial charge on any atom is 0.321 e. The molecule has 8 nitrogen and oxygen atoms in total. The molecule has 0 radical (unpaired) electrons. The highest BCUT2D eigenvalue weighted by molar-refractivity contribution is 5.92. The maximum atomic E-state index is 11.5. The minimum Gasteiger partial charge on any atom is -0.481 e. The lowest BCUT2D eigenvalue weighted by molar-refractivity contribution is -0.389. The van der Waals surface area contributed by atoms with Gasteiger partial charge in [-0.3, -0.25) is 9.59 Å². The maximum absolute atomic E-state index is 11.5. The highest BCUT2D eigenvalue weighted by Crippen LogP contribution is 2.09. The minimum absolute atomic E-state index is 0.0594. The van der Waals surface area contributed by atoms with Gasteiger partial charge < -0.3 is 20.5 Å². The molecule has 0 aliphatic carbocycles. The van der Waals surface area contributed by atoms with Crippen LogP contribution >= 0.6 is 0 Å². The molecule has 0 bridgehead atoms. The first-order valence-corrected chi connectivity index (χ1v) is 5.34. The number of aromatic nitrogens is 1. The van der Waals surface area contributed by atoms with Gasteiger partial charge in [-0.05, 0) is 23.8 Å². The Morgan fingerprint density at radius 3 is 2.67 bits per heavy atom. The Morgan fingerprint density at radius 1 is 1.39 bits per heavy atom. The summed E-state index contributed by atoms with van der Waals surface area (Å²) < 4.78 is 0. The Balaban J connectivity index is 2.32. The van der Waals surface area contributed by atoms with Crippen LogP contribution in [-0.2, 0) is 4.79 Å². The second kappa shape index (κ2) is 6.38. The van der Waals surface area contributed by atoms with E-state index in [1.54, 1.807) is 0 Å². The lowest BCUT2D eigenvalue weighted by Gasteiger charge is -2.01. The largest absolute Gasteiger partial charge is 0.481 e. The molecule has 1 aromatic heterocycles. The van der Waals surface area contributed by atoms with Gasteiger partial charge in [-0.2, -0.15) is 0 Å². The van der Waals surface area contributed by atoms with Crippen LogP contribution in [0.1, 0.15) is 29.8 Å². The number of hydrogen-bond donors (Lipinski definition) is 3. The summed E-state index contributed by atoms with van der Waals surface area (Å²) in [5, 5.41) is 21.3. The fourth-order valence-corrected chi connectivity index (χ4v) is 1.32. The summed E-state index contributed by atoms with van der Waals surface area (Å²) in [6.07, 6.45) is 1.07. The number of unbranched alkanes of at least 4 members (excludes halogenated alkanes) is 1. The first kappa shape index (κ1) is 13.7. The van der Waals surface area contributed by atoms with Gasteiger partial charge >= 0.3 is 11.8 Å². The number of carbonyl (C=O) groups is 2. The topological polar surface area (TPSA) is 125 Å². The van der Waals surface area contributed by atoms with Crippen molar-refractivity contribution in [1.82, 2.24) is 10.3 Å². The van der Waals surface area contributed by atoms with Gasteiger partial charge in [0.05, 0.1) is 0 Å². The number of rotatable bonds is 7. The van der Waals surface area contributed by atoms with Crippen LogP contribution in [0.25, 0.3) is 0 Å². The molecule has 0 saturated heterocycles. The Labute approximate surface area is 102 Å². The fraction of sp³-hybridized carbons (Fsp3) is 0.400. The van der Waals surface area contributed by atoms with Crippen molar-refractivity contribution in [2.45, 2.75) is 19.3 Å². The van der Waals surface area contributed by atoms with Gasteiger partial charge in [0, 0.05) is 19.0 Å². The Morgan fingerprint density at radius 2 is 2.11 bits per heavy atom. The van der Waals surface area contributed by atoms with Gasteiger partial charge in [-0.1, -0.05) is 0 Å². The summed E-state index contributed by atoms with van der Waals surface area (Å²) in [6.45, 7) is 0.332. The van der Waals surface area contributed by atoms with Crippen molar-refractivity contribution in [3.05, 3.63) is 27.9 Å². The molecule has 0 fully saturated rings. The predicted molar refractivity (Wildman–Crippen MR) is 61.3 cm³/mol. The van der Waals surface area contributed by atoms with E-state index < -0.39 is 16.8 Å². The van der Waals surface area contributed by atoms with Crippen molar-refractivity contribution < 1.29 is 19.6 Å². The van der Waals surface area contributed by atoms with Gasteiger partial charge in [0.15, 0.2) is 5.69 Å². The average molecular weight is 255 g/mol. The number of amides is 1. The van der Waals surface area contributed by atoms with Crippen LogP contribution in [0.4, 0.5) is 5.82 Å². The van der Waals surface area contributed by atoms with Crippen LogP contribution in [-0.4, -0.2) is 33.4 Å². The monoisotopic (exact) mass is 255 g/mol. The fourth-order valence-electron chi connectivity index (χ4n) is 1.32. The zero-order valence-electron chi connectivity index (χ0n) is 9.51. The highest BCUT2D eigenvalue weighted by atomic mass is 16.6. The standard InChI is InChI=1S/C10H13N3O5/c14-9(15)3-1-2-6-11-10(16)7-4-5-8(12-7)13(17)18/h4-5,12H,1-3,6H2,(H,11,16)(H,14,15). The van der Waals surface area contributed by atoms with Crippen LogP contribution < -0.4 is 5.32 Å². The summed E-state index contributed by atoms with van der Waals surface area (Å²) >= 11 is 0. The molecule has 0 aliphatic rings. The van der Waals surface area contributed by atoms with Crippen molar-refractivity contribution >= 4 is 17.7 Å². The summed E-state index contributed by atoms with van der Waals surface area (Å²) in [6, 6.07) is 2.53. The molecule has 0 saturated carbocycles. The molecule has 1 heterocycles. The number of carbonyl (C=O) groups excluding carboxylic acids is 1. The lowest BCUT2D eigenvalue weighted by Crippen LogP contribution is -2.24. The normalized spacial score (nSPS) is 10.0. The van der Waals surface area contributed by atoms with E-state index in [0.29, 0.717) is 19.4 Å². The predicted octanol–water partition coefficient (Wildman–Crippen LogP) is 0.908. The van der Waals surface area contributed by atoms with E-state index in [-0.39, 0.29) is 17.9 Å². The first-order chi connectivity index (χ1) is 8.50. The molecule has 98 valence electrons. The molecule has 0 atom stereocenters. The summed E-state index contributed by atoms with van der Waals surface area (Å²) in [7, 11) is 0. The highest BCUT2D eigenvalue weighted by Gasteiger charge is 2.14. The Bertz CT molecular complexity index is 454. The molecule has 1 amide bonds. The number of aliphatic carboxylic acids is 1. The van der Waals surface area contributed by atoms with E-state index >= 15 is 0 Å². The third-order valence-corrected chi connectivity index (χ3v) is 2.21. The van der Waals surface area contributed by atoms with Gasteiger partial charge in [0.25, 0.3) is 5.91 Å². The number of carboxylic acids is 1. The SMILES string of the molecule is O=C(O)CCCCNC(=O)c1ccc([N+](=O)[O-])[nH]1. The van der Waals surface area contributed by atoms with Gasteiger partial charge in [-0.25, -0.2) is 4.98 Å². The van der Waals surface area contributed by atoms with Crippen LogP contribution in [0, 0.1) is 10.1 Å². The first-order valence-electron chi connectivity index (χ1n) is 5.34.